The Bertz CT molecular complexity index is 639. The Morgan fingerprint density at radius 2 is 1.70 bits per heavy atom. The van der Waals surface area contributed by atoms with Crippen LogP contribution in [0.3, 0.4) is 0 Å². The summed E-state index contributed by atoms with van der Waals surface area (Å²) in [4.78, 5) is 21.1. The van der Waals surface area contributed by atoms with Crippen molar-refractivity contribution in [2.24, 2.45) is 5.92 Å². The van der Waals surface area contributed by atoms with Crippen LogP contribution in [0.1, 0.15) is 109 Å². The van der Waals surface area contributed by atoms with Crippen molar-refractivity contribution in [3.8, 4) is 0 Å². The predicted molar refractivity (Wildman–Crippen MR) is 153 cm³/mol. The standard InChI is InChI=1S/C29H56N4O3S/c1-33(2)21-18-24(15-14-23-12-8-7-9-13-23)30-26-17-16-25(22-27(26)31-36-4)37-32-28(34)29(35-3)19-10-5-6-11-20-29/h23-27,30-31H,5-22H2,1-4H3,(H,32,34)/p+1. The molecule has 0 saturated heterocycles. The monoisotopic (exact) mass is 541 g/mol. The molecule has 4 unspecified atom stereocenters. The predicted octanol–water partition coefficient (Wildman–Crippen LogP) is 4.18. The van der Waals surface area contributed by atoms with Crippen LogP contribution < -0.4 is 15.5 Å². The van der Waals surface area contributed by atoms with E-state index in [4.69, 9.17) is 9.57 Å². The fourth-order valence-electron chi connectivity index (χ4n) is 6.80. The molecular formula is C29H57N4O3S+. The third-order valence-electron chi connectivity index (χ3n) is 9.22. The molecule has 8 heteroatoms. The Hall–Kier alpha value is -0.380. The fourth-order valence-corrected chi connectivity index (χ4v) is 7.83. The maximum absolute atomic E-state index is 13.2. The van der Waals surface area contributed by atoms with Gasteiger partial charge in [-0.2, -0.15) is 5.48 Å². The Balaban J connectivity index is 1.52. The third-order valence-corrected chi connectivity index (χ3v) is 10.3. The van der Waals surface area contributed by atoms with Crippen LogP contribution in [0.5, 0.6) is 0 Å². The lowest BCUT2D eigenvalue weighted by Gasteiger charge is -2.37. The Morgan fingerprint density at radius 3 is 2.35 bits per heavy atom. The van der Waals surface area contributed by atoms with Crippen LogP contribution in [0.2, 0.25) is 0 Å². The van der Waals surface area contributed by atoms with Gasteiger partial charge in [-0.15, -0.1) is 0 Å². The number of rotatable bonds is 14. The molecule has 3 rings (SSSR count). The molecule has 0 heterocycles. The summed E-state index contributed by atoms with van der Waals surface area (Å²) in [6, 6.07) is 1.36. The Kier molecular flexibility index (Phi) is 14.0. The van der Waals surface area contributed by atoms with Crippen LogP contribution in [0.4, 0.5) is 0 Å². The van der Waals surface area contributed by atoms with E-state index in [1.54, 1.807) is 26.2 Å². The number of hydroxylamine groups is 1. The molecule has 0 aromatic carbocycles. The average molecular weight is 542 g/mol. The number of carbonyl (C=O) groups excluding carboxylic acids is 1. The Morgan fingerprint density at radius 1 is 1.00 bits per heavy atom. The van der Waals surface area contributed by atoms with Crippen molar-refractivity contribution in [1.29, 1.82) is 0 Å². The lowest BCUT2D eigenvalue weighted by Crippen LogP contribution is -2.93. The number of methoxy groups -OCH3 is 1. The van der Waals surface area contributed by atoms with Gasteiger partial charge >= 0.3 is 0 Å². The van der Waals surface area contributed by atoms with Gasteiger partial charge in [0.05, 0.1) is 13.2 Å². The van der Waals surface area contributed by atoms with E-state index >= 15 is 0 Å². The van der Waals surface area contributed by atoms with E-state index in [-0.39, 0.29) is 5.91 Å². The summed E-state index contributed by atoms with van der Waals surface area (Å²) in [7, 11) is 7.84. The number of ether oxygens (including phenoxy) is 1. The topological polar surface area (TPSA) is 79.4 Å². The molecule has 3 aliphatic carbocycles. The maximum Gasteiger partial charge on any atom is 0.262 e. The second-order valence-corrected chi connectivity index (χ2v) is 13.4. The quantitative estimate of drug-likeness (QED) is 0.174. The van der Waals surface area contributed by atoms with Crippen LogP contribution in [0, 0.1) is 5.92 Å². The zero-order valence-corrected chi connectivity index (χ0v) is 25.1. The van der Waals surface area contributed by atoms with E-state index in [0.717, 1.165) is 57.4 Å². The van der Waals surface area contributed by atoms with Gasteiger partial charge in [0.2, 0.25) is 0 Å². The molecule has 0 spiro atoms. The summed E-state index contributed by atoms with van der Waals surface area (Å²) in [6.07, 6.45) is 20.5. The normalized spacial score (nSPS) is 28.1. The maximum atomic E-state index is 13.2. The summed E-state index contributed by atoms with van der Waals surface area (Å²) in [5, 5.41) is 4.49. The zero-order chi connectivity index (χ0) is 26.5. The van der Waals surface area contributed by atoms with Crippen molar-refractivity contribution in [3.05, 3.63) is 0 Å². The minimum absolute atomic E-state index is 0.0703. The van der Waals surface area contributed by atoms with Crippen LogP contribution in [0.25, 0.3) is 0 Å². The van der Waals surface area contributed by atoms with Crippen molar-refractivity contribution in [3.63, 3.8) is 0 Å². The molecule has 4 atom stereocenters. The number of carbonyl (C=O) groups is 1. The van der Waals surface area contributed by atoms with Gasteiger partial charge in [0, 0.05) is 24.8 Å². The van der Waals surface area contributed by atoms with E-state index in [0.29, 0.717) is 23.4 Å². The summed E-state index contributed by atoms with van der Waals surface area (Å²) < 4.78 is 9.04. The second-order valence-electron chi connectivity index (χ2n) is 12.3. The highest BCUT2D eigenvalue weighted by atomic mass is 32.2. The second kappa shape index (κ2) is 16.7. The SMILES string of the molecule is CO[NH2+]C1CC(SNC(=O)C2(OC)CCCCCC2)CCC1NC(CCC1CCCCC1)CCN(C)C. The first-order chi connectivity index (χ1) is 18.0. The molecule has 4 N–H and O–H groups in total. The number of amides is 1. The van der Waals surface area contributed by atoms with Gasteiger partial charge in [0.1, 0.15) is 11.6 Å². The van der Waals surface area contributed by atoms with E-state index in [1.807, 2.05) is 5.48 Å². The van der Waals surface area contributed by atoms with Crippen molar-refractivity contribution in [2.45, 2.75) is 138 Å². The number of nitrogens with zero attached hydrogens (tertiary/aromatic N) is 1. The number of nitrogens with one attached hydrogen (secondary N) is 2. The first-order valence-corrected chi connectivity index (χ1v) is 16.1. The lowest BCUT2D eigenvalue weighted by atomic mass is 9.84. The molecule has 216 valence electrons. The molecular weight excluding hydrogens is 484 g/mol. The van der Waals surface area contributed by atoms with E-state index in [1.165, 1.54) is 64.2 Å². The van der Waals surface area contributed by atoms with Crippen LogP contribution in [-0.2, 0) is 14.4 Å². The number of quaternary nitrogens is 1. The van der Waals surface area contributed by atoms with Gasteiger partial charge in [-0.05, 0) is 83.5 Å². The number of hydrogen-bond acceptors (Lipinski definition) is 6. The molecule has 37 heavy (non-hydrogen) atoms. The molecule has 0 aromatic rings. The molecule has 7 nitrogen and oxygen atoms in total. The van der Waals surface area contributed by atoms with Gasteiger partial charge in [-0.1, -0.05) is 57.8 Å². The Labute approximate surface area is 231 Å². The van der Waals surface area contributed by atoms with Crippen molar-refractivity contribution in [2.75, 3.05) is 34.9 Å². The number of hydrogen-bond donors (Lipinski definition) is 3. The van der Waals surface area contributed by atoms with Gasteiger partial charge in [-0.3, -0.25) is 9.52 Å². The summed E-state index contributed by atoms with van der Waals surface area (Å²) >= 11 is 1.62. The van der Waals surface area contributed by atoms with Crippen LogP contribution in [0.15, 0.2) is 0 Å². The molecule has 1 amide bonds. The minimum Gasteiger partial charge on any atom is -0.368 e. The van der Waals surface area contributed by atoms with Crippen LogP contribution in [-0.4, -0.2) is 74.6 Å². The highest BCUT2D eigenvalue weighted by Gasteiger charge is 2.40. The molecule has 0 radical (unpaired) electrons. The molecule has 3 fully saturated rings. The molecule has 3 aliphatic rings. The first kappa shape index (κ1) is 31.2. The third kappa shape index (κ3) is 10.3. The van der Waals surface area contributed by atoms with Crippen LogP contribution >= 0.6 is 11.9 Å². The first-order valence-electron chi connectivity index (χ1n) is 15.2. The van der Waals surface area contributed by atoms with Gasteiger partial charge in [0.15, 0.2) is 0 Å². The molecule has 3 saturated carbocycles. The number of nitrogens with two attached hydrogens (primary N) is 1. The average Bonchev–Trinajstić information content (AvgIpc) is 3.17. The minimum atomic E-state index is -0.641. The summed E-state index contributed by atoms with van der Waals surface area (Å²) in [5.74, 6) is 0.999. The zero-order valence-electron chi connectivity index (χ0n) is 24.3. The van der Waals surface area contributed by atoms with Gasteiger partial charge in [0.25, 0.3) is 5.91 Å². The highest BCUT2D eigenvalue weighted by molar-refractivity contribution is 7.98. The molecule has 0 bridgehead atoms. The summed E-state index contributed by atoms with van der Waals surface area (Å²) in [5.41, 5.74) is 1.40. The van der Waals surface area contributed by atoms with Crippen molar-refractivity contribution < 1.29 is 19.8 Å². The van der Waals surface area contributed by atoms with E-state index < -0.39 is 5.60 Å². The summed E-state index contributed by atoms with van der Waals surface area (Å²) in [6.45, 7) is 1.12. The largest absolute Gasteiger partial charge is 0.368 e. The van der Waals surface area contributed by atoms with E-state index in [2.05, 4.69) is 29.0 Å². The fraction of sp³-hybridized carbons (Fsp3) is 0.966. The highest BCUT2D eigenvalue weighted by Crippen LogP contribution is 2.33. The van der Waals surface area contributed by atoms with Gasteiger partial charge in [-0.25, -0.2) is 4.84 Å². The van der Waals surface area contributed by atoms with E-state index in [9.17, 15) is 4.79 Å². The van der Waals surface area contributed by atoms with Crippen molar-refractivity contribution in [1.82, 2.24) is 14.9 Å². The smallest absolute Gasteiger partial charge is 0.262 e. The molecule has 0 aliphatic heterocycles. The van der Waals surface area contributed by atoms with Crippen molar-refractivity contribution >= 4 is 17.9 Å². The lowest BCUT2D eigenvalue weighted by molar-refractivity contribution is -0.914. The van der Waals surface area contributed by atoms with Gasteiger partial charge < -0.3 is 15.0 Å². The molecule has 0 aromatic heterocycles.